The Bertz CT molecular complexity index is 2040. The van der Waals surface area contributed by atoms with E-state index in [0.717, 1.165) is 0 Å². The van der Waals surface area contributed by atoms with Crippen molar-refractivity contribution < 1.29 is 13.7 Å². The number of carbonyl (C=O) groups excluding carboxylic acids is 2. The molecule has 0 aliphatic carbocycles. The van der Waals surface area contributed by atoms with E-state index in [-0.39, 0.29) is 11.5 Å². The number of carbonyl (C=O) groups is 2. The van der Waals surface area contributed by atoms with Gasteiger partial charge in [-0.15, -0.1) is 113 Å². The van der Waals surface area contributed by atoms with Gasteiger partial charge in [-0.1, -0.05) is 24.0 Å². The third-order valence-electron chi connectivity index (χ3n) is 3.23. The summed E-state index contributed by atoms with van der Waals surface area (Å²) in [7, 11) is 0. The van der Waals surface area contributed by atoms with Crippen molar-refractivity contribution in [1.29, 1.82) is 0 Å². The fourth-order valence-corrected chi connectivity index (χ4v) is 1.36. The highest BCUT2D eigenvalue weighted by Gasteiger charge is 1.95. The number of pyridine rings is 2. The minimum Gasteiger partial charge on any atom is -0.293 e. The summed E-state index contributed by atoms with van der Waals surface area (Å²) in [6.45, 7) is 12.9. The molecule has 0 aromatic carbocycles. The number of hydrogen-bond donors (Lipinski definition) is 0. The number of ketones is 2. The van der Waals surface area contributed by atoms with Crippen LogP contribution in [0.15, 0.2) is 48.8 Å². The maximum absolute atomic E-state index is 11.0. The molecule has 0 bridgehead atoms. The average molecular weight is 762 g/mol. The van der Waals surface area contributed by atoms with Gasteiger partial charge in [-0.25, -0.2) is 0 Å². The summed E-state index contributed by atoms with van der Waals surface area (Å²) in [5, 5.41) is 0. The SMILES string of the molecule is C#C.C#C.C#CC.C#CC.C#CC#CC.C#CC#CC.C#CC#CC#C.C#CC#CC#C.CC#CC.CC#CC.CC(=O)c1ccccn1.[2H]C([2H])([2H])C(=O)c1ccccn1. The van der Waals surface area contributed by atoms with E-state index in [1.807, 2.05) is 27.7 Å². The Morgan fingerprint density at radius 2 is 0.690 bits per heavy atom. The monoisotopic (exact) mass is 761 g/mol. The molecule has 0 fully saturated rings. The number of hydrogen-bond acceptors (Lipinski definition) is 4. The summed E-state index contributed by atoms with van der Waals surface area (Å²) in [5.41, 5.74) is 0.509. The van der Waals surface area contributed by atoms with Crippen molar-refractivity contribution in [3.63, 3.8) is 0 Å². The zero-order valence-corrected chi connectivity index (χ0v) is 34.8. The van der Waals surface area contributed by atoms with Crippen LogP contribution in [0.1, 0.15) is 94.3 Å². The third-order valence-corrected chi connectivity index (χ3v) is 3.23. The topological polar surface area (TPSA) is 59.9 Å². The van der Waals surface area contributed by atoms with Crippen molar-refractivity contribution in [3.05, 3.63) is 60.2 Å². The Morgan fingerprint density at radius 1 is 0.448 bits per heavy atom. The molecule has 288 valence electrons. The lowest BCUT2D eigenvalue weighted by Gasteiger charge is -1.88. The Balaban J connectivity index is -0.0000000606. The van der Waals surface area contributed by atoms with Gasteiger partial charge < -0.3 is 0 Å². The van der Waals surface area contributed by atoms with E-state index in [4.69, 9.17) is 42.7 Å². The van der Waals surface area contributed by atoms with Crippen LogP contribution in [0.25, 0.3) is 0 Å². The minimum absolute atomic E-state index is 0.00981. The van der Waals surface area contributed by atoms with E-state index in [1.54, 1.807) is 64.2 Å². The zero-order chi connectivity index (χ0) is 50.0. The van der Waals surface area contributed by atoms with Gasteiger partial charge in [-0.2, -0.15) is 0 Å². The van der Waals surface area contributed by atoms with Crippen LogP contribution in [0.2, 0.25) is 0 Å². The van der Waals surface area contributed by atoms with Crippen molar-refractivity contribution >= 4 is 11.6 Å². The summed E-state index contributed by atoms with van der Waals surface area (Å²) in [4.78, 5) is 29.1. The first-order chi connectivity index (χ1) is 29.1. The largest absolute Gasteiger partial charge is 0.293 e. The molecule has 2 aromatic rings. The Labute approximate surface area is 359 Å². The molecule has 0 spiro atoms. The van der Waals surface area contributed by atoms with Crippen molar-refractivity contribution in [2.75, 3.05) is 0 Å². The highest BCUT2D eigenvalue weighted by molar-refractivity contribution is 5.92. The molecule has 0 saturated carbocycles. The molecule has 0 amide bonds. The van der Waals surface area contributed by atoms with Crippen LogP contribution in [-0.4, -0.2) is 21.5 Å². The van der Waals surface area contributed by atoms with Crippen molar-refractivity contribution in [3.8, 4) is 195 Å². The zero-order valence-electron chi connectivity index (χ0n) is 37.8. The summed E-state index contributed by atoms with van der Waals surface area (Å²) >= 11 is 0. The lowest BCUT2D eigenvalue weighted by molar-refractivity contribution is 0.100. The molecule has 4 heteroatoms. The predicted molar refractivity (Wildman–Crippen MR) is 251 cm³/mol. The van der Waals surface area contributed by atoms with Gasteiger partial charge in [0.15, 0.2) is 11.6 Å². The second-order valence-corrected chi connectivity index (χ2v) is 7.01. The second kappa shape index (κ2) is 97.3. The molecule has 58 heavy (non-hydrogen) atoms. The lowest BCUT2D eigenvalue weighted by Crippen LogP contribution is -1.93. The first-order valence-corrected chi connectivity index (χ1v) is 15.2. The molecule has 0 aliphatic rings. The predicted octanol–water partition coefficient (Wildman–Crippen LogP) is 8.20. The molecule has 0 aliphatic heterocycles. The van der Waals surface area contributed by atoms with Crippen LogP contribution >= 0.6 is 0 Å². The molecule has 2 heterocycles. The van der Waals surface area contributed by atoms with Crippen molar-refractivity contribution in [2.24, 2.45) is 0 Å². The minimum atomic E-state index is -2.59. The van der Waals surface area contributed by atoms with E-state index < -0.39 is 12.6 Å². The molecule has 0 radical (unpaired) electrons. The fraction of sp³-hybridized carbons (Fsp3) is 0.185. The standard InChI is InChI=1S/2C7H7NO.2C6H2.2C5H4.2C4H6.2C3H4.2C2H2/c2*1-6(9)7-4-2-3-5-8-7;2*1-3-5-6-4-2;2*1-3-5-4-2;2*1-3-4-2;2*1-3-2;2*1-2/h2*2-5H,1H3;2*1-2H;2*1H,2H3;2*1-2H3;2*1H,2H3;2*1-2H/i1D3;;;;;;;;;;;. The first-order valence-electron chi connectivity index (χ1n) is 16.7. The highest BCUT2D eigenvalue weighted by Crippen LogP contribution is 1.93. The molecular weight excluding hydrogens is 709 g/mol. The van der Waals surface area contributed by atoms with Gasteiger partial charge in [0.05, 0.1) is 0 Å². The molecule has 2 rings (SSSR count). The van der Waals surface area contributed by atoms with E-state index in [0.29, 0.717) is 5.69 Å². The van der Waals surface area contributed by atoms with E-state index >= 15 is 0 Å². The molecule has 2 aromatic heterocycles. The number of Topliss-reactive ketones (excluding diaryl/α,β-unsaturated/α-hetero) is 2. The maximum Gasteiger partial charge on any atom is 0.178 e. The molecule has 4 nitrogen and oxygen atoms in total. The van der Waals surface area contributed by atoms with Crippen LogP contribution in [0.5, 0.6) is 0 Å². The Kier molecular flexibility index (Phi) is 107. The molecule has 0 atom stereocenters. The van der Waals surface area contributed by atoms with Crippen LogP contribution in [-0.2, 0) is 0 Å². The summed E-state index contributed by atoms with van der Waals surface area (Å²) in [6, 6.07) is 9.86. The Hall–Kier alpha value is -9.40. The fourth-order valence-electron chi connectivity index (χ4n) is 1.36. The molecule has 0 unspecified atom stereocenters. The quantitative estimate of drug-likeness (QED) is 0.229. The van der Waals surface area contributed by atoms with Gasteiger partial charge >= 0.3 is 0 Å². The van der Waals surface area contributed by atoms with Crippen LogP contribution < -0.4 is 0 Å². The van der Waals surface area contributed by atoms with E-state index in [9.17, 15) is 9.59 Å². The normalized spacial score (nSPS) is 5.78. The van der Waals surface area contributed by atoms with Crippen LogP contribution in [0.3, 0.4) is 0 Å². The number of rotatable bonds is 2. The maximum atomic E-state index is 11.0. The lowest BCUT2D eigenvalue weighted by atomic mass is 10.3. The van der Waals surface area contributed by atoms with Crippen LogP contribution in [0, 0.1) is 195 Å². The summed E-state index contributed by atoms with van der Waals surface area (Å²) < 4.78 is 20.5. The number of aromatic nitrogens is 2. The first kappa shape index (κ1) is 63.6. The van der Waals surface area contributed by atoms with Gasteiger partial charge in [-0.3, -0.25) is 19.6 Å². The number of nitrogens with zero attached hydrogens (tertiary/aromatic N) is 2. The smallest absolute Gasteiger partial charge is 0.178 e. The van der Waals surface area contributed by atoms with Crippen molar-refractivity contribution in [1.82, 2.24) is 9.97 Å². The van der Waals surface area contributed by atoms with Gasteiger partial charge in [0.1, 0.15) is 11.4 Å². The highest BCUT2D eigenvalue weighted by atomic mass is 16.1. The van der Waals surface area contributed by atoms with Gasteiger partial charge in [-0.05, 0) is 151 Å². The van der Waals surface area contributed by atoms with E-state index in [1.165, 1.54) is 19.2 Å². The molecular formula is C54H50N2O2. The second-order valence-electron chi connectivity index (χ2n) is 7.01. The van der Waals surface area contributed by atoms with Crippen LogP contribution in [0.4, 0.5) is 0 Å². The van der Waals surface area contributed by atoms with E-state index in [2.05, 4.69) is 167 Å². The third kappa shape index (κ3) is 137. The molecule has 0 N–H and O–H groups in total. The summed E-state index contributed by atoms with van der Waals surface area (Å²) in [6.07, 6.45) is 56.4. The number of terminal acetylenes is 10. The molecule has 0 saturated heterocycles. The van der Waals surface area contributed by atoms with Gasteiger partial charge in [0, 0.05) is 30.3 Å². The Morgan fingerprint density at radius 3 is 0.793 bits per heavy atom. The van der Waals surface area contributed by atoms with Gasteiger partial charge in [0.2, 0.25) is 0 Å². The van der Waals surface area contributed by atoms with Crippen molar-refractivity contribution in [2.45, 2.75) is 69.2 Å². The van der Waals surface area contributed by atoms with Gasteiger partial charge in [0.25, 0.3) is 0 Å². The summed E-state index contributed by atoms with van der Waals surface area (Å²) in [5.74, 6) is 45.7. The average Bonchev–Trinajstić information content (AvgIpc) is 3.28.